The first-order valence-corrected chi connectivity index (χ1v) is 6.93. The maximum atomic E-state index is 13.3. The molecule has 0 aromatic heterocycles. The summed E-state index contributed by atoms with van der Waals surface area (Å²) in [6.45, 7) is 3.88. The van der Waals surface area contributed by atoms with Gasteiger partial charge in [-0.3, -0.25) is 4.79 Å². The average Bonchev–Trinajstić information content (AvgIpc) is 3.10. The summed E-state index contributed by atoms with van der Waals surface area (Å²) in [5.41, 5.74) is 1.26. The molecule has 0 radical (unpaired) electrons. The van der Waals surface area contributed by atoms with Crippen LogP contribution in [0.1, 0.15) is 38.7 Å². The van der Waals surface area contributed by atoms with Crippen molar-refractivity contribution in [3.8, 4) is 5.75 Å². The highest BCUT2D eigenvalue weighted by atomic mass is 19.1. The van der Waals surface area contributed by atoms with Crippen LogP contribution in [0.25, 0.3) is 5.57 Å². The summed E-state index contributed by atoms with van der Waals surface area (Å²) in [6.07, 6.45) is 4.37. The Morgan fingerprint density at radius 3 is 2.90 bits per heavy atom. The van der Waals surface area contributed by atoms with E-state index < -0.39 is 5.60 Å². The molecule has 1 aliphatic carbocycles. The van der Waals surface area contributed by atoms with E-state index in [4.69, 9.17) is 4.74 Å². The number of fused-ring (bicyclic) bond motifs is 1. The Morgan fingerprint density at radius 2 is 2.20 bits per heavy atom. The molecule has 0 atom stereocenters. The normalized spacial score (nSPS) is 22.1. The van der Waals surface area contributed by atoms with Crippen molar-refractivity contribution in [2.24, 2.45) is 0 Å². The molecule has 3 rings (SSSR count). The average molecular weight is 275 g/mol. The van der Waals surface area contributed by atoms with Gasteiger partial charge in [0.2, 0.25) is 5.91 Å². The molecule has 1 aromatic carbocycles. The van der Waals surface area contributed by atoms with Gasteiger partial charge in [0, 0.05) is 30.2 Å². The lowest BCUT2D eigenvalue weighted by Gasteiger charge is -2.34. The van der Waals surface area contributed by atoms with Crippen LogP contribution in [0.3, 0.4) is 0 Å². The van der Waals surface area contributed by atoms with Crippen LogP contribution in [0.4, 0.5) is 4.39 Å². The Hall–Kier alpha value is -1.84. The summed E-state index contributed by atoms with van der Waals surface area (Å²) < 4.78 is 19.1. The van der Waals surface area contributed by atoms with Gasteiger partial charge < -0.3 is 10.1 Å². The highest BCUT2D eigenvalue weighted by Gasteiger charge is 2.31. The Labute approximate surface area is 117 Å². The van der Waals surface area contributed by atoms with Gasteiger partial charge in [-0.25, -0.2) is 4.39 Å². The smallest absolute Gasteiger partial charge is 0.244 e. The molecule has 0 bridgehead atoms. The third-order valence-corrected chi connectivity index (χ3v) is 3.52. The number of ether oxygens (including phenoxy) is 1. The number of carbonyl (C=O) groups excluding carboxylic acids is 1. The molecule has 0 saturated heterocycles. The number of amides is 1. The van der Waals surface area contributed by atoms with Crippen LogP contribution in [0, 0.1) is 5.82 Å². The van der Waals surface area contributed by atoms with E-state index in [1.54, 1.807) is 12.1 Å². The van der Waals surface area contributed by atoms with Crippen LogP contribution in [0.2, 0.25) is 0 Å². The van der Waals surface area contributed by atoms with Crippen molar-refractivity contribution in [1.82, 2.24) is 5.32 Å². The number of halogens is 1. The van der Waals surface area contributed by atoms with E-state index in [2.05, 4.69) is 5.32 Å². The SMILES string of the molecule is CC1(C)C/C(=C\C(=O)NC2CC2)c2ccc(F)cc2O1. The number of benzene rings is 1. The molecule has 4 heteroatoms. The molecule has 3 nitrogen and oxygen atoms in total. The number of rotatable bonds is 2. The quantitative estimate of drug-likeness (QED) is 0.842. The Morgan fingerprint density at radius 1 is 1.45 bits per heavy atom. The van der Waals surface area contributed by atoms with Crippen LogP contribution >= 0.6 is 0 Å². The second-order valence-electron chi connectivity index (χ2n) is 6.13. The highest BCUT2D eigenvalue weighted by molar-refractivity contribution is 5.96. The van der Waals surface area contributed by atoms with Crippen molar-refractivity contribution in [3.63, 3.8) is 0 Å². The monoisotopic (exact) mass is 275 g/mol. The lowest BCUT2D eigenvalue weighted by molar-refractivity contribution is -0.116. The summed E-state index contributed by atoms with van der Waals surface area (Å²) >= 11 is 0. The van der Waals surface area contributed by atoms with Crippen molar-refractivity contribution in [2.45, 2.75) is 44.8 Å². The van der Waals surface area contributed by atoms with Gasteiger partial charge in [0.05, 0.1) is 0 Å². The number of carbonyl (C=O) groups is 1. The summed E-state index contributed by atoms with van der Waals surface area (Å²) in [7, 11) is 0. The third-order valence-electron chi connectivity index (χ3n) is 3.52. The molecular weight excluding hydrogens is 257 g/mol. The molecule has 1 N–H and O–H groups in total. The van der Waals surface area contributed by atoms with E-state index in [-0.39, 0.29) is 11.7 Å². The molecule has 1 fully saturated rings. The van der Waals surface area contributed by atoms with E-state index in [1.165, 1.54) is 12.1 Å². The molecule has 1 aromatic rings. The first-order valence-electron chi connectivity index (χ1n) is 6.93. The molecule has 106 valence electrons. The lowest BCUT2D eigenvalue weighted by Crippen LogP contribution is -2.33. The van der Waals surface area contributed by atoms with Crippen molar-refractivity contribution in [1.29, 1.82) is 0 Å². The molecule has 1 saturated carbocycles. The van der Waals surface area contributed by atoms with Gasteiger partial charge in [0.25, 0.3) is 0 Å². The van der Waals surface area contributed by atoms with Crippen molar-refractivity contribution in [3.05, 3.63) is 35.7 Å². The van der Waals surface area contributed by atoms with Crippen molar-refractivity contribution < 1.29 is 13.9 Å². The largest absolute Gasteiger partial charge is 0.487 e. The molecular formula is C16H18FNO2. The number of nitrogens with one attached hydrogen (secondary N) is 1. The third kappa shape index (κ3) is 2.84. The minimum Gasteiger partial charge on any atom is -0.487 e. The predicted octanol–water partition coefficient (Wildman–Crippen LogP) is 3.05. The minimum atomic E-state index is -0.438. The topological polar surface area (TPSA) is 38.3 Å². The van der Waals surface area contributed by atoms with Gasteiger partial charge in [-0.2, -0.15) is 0 Å². The van der Waals surface area contributed by atoms with E-state index in [9.17, 15) is 9.18 Å². The number of hydrogen-bond donors (Lipinski definition) is 1. The van der Waals surface area contributed by atoms with Crippen LogP contribution < -0.4 is 10.1 Å². The molecule has 1 amide bonds. The molecule has 1 aliphatic heterocycles. The van der Waals surface area contributed by atoms with E-state index in [0.717, 1.165) is 24.0 Å². The van der Waals surface area contributed by atoms with Gasteiger partial charge in [-0.05, 0) is 44.4 Å². The van der Waals surface area contributed by atoms with Crippen LogP contribution in [-0.2, 0) is 4.79 Å². The zero-order valence-electron chi connectivity index (χ0n) is 11.7. The van der Waals surface area contributed by atoms with Crippen LogP contribution in [0.5, 0.6) is 5.75 Å². The molecule has 0 spiro atoms. The fourth-order valence-corrected chi connectivity index (χ4v) is 2.49. The van der Waals surface area contributed by atoms with Crippen LogP contribution in [-0.4, -0.2) is 17.6 Å². The summed E-state index contributed by atoms with van der Waals surface area (Å²) in [5, 5.41) is 2.94. The Bertz CT molecular complexity index is 588. The summed E-state index contributed by atoms with van der Waals surface area (Å²) in [5.74, 6) is 0.102. The molecule has 20 heavy (non-hydrogen) atoms. The van der Waals surface area contributed by atoms with Crippen LogP contribution in [0.15, 0.2) is 24.3 Å². The minimum absolute atomic E-state index is 0.0736. The zero-order valence-corrected chi connectivity index (χ0v) is 11.7. The van der Waals surface area contributed by atoms with E-state index in [0.29, 0.717) is 18.2 Å². The fraction of sp³-hybridized carbons (Fsp3) is 0.438. The Kier molecular flexibility index (Phi) is 3.04. The van der Waals surface area contributed by atoms with Gasteiger partial charge in [-0.15, -0.1) is 0 Å². The lowest BCUT2D eigenvalue weighted by atomic mass is 9.89. The number of hydrogen-bond acceptors (Lipinski definition) is 2. The van der Waals surface area contributed by atoms with Crippen molar-refractivity contribution >= 4 is 11.5 Å². The Balaban J connectivity index is 1.93. The maximum Gasteiger partial charge on any atom is 0.244 e. The molecule has 1 heterocycles. The maximum absolute atomic E-state index is 13.3. The second kappa shape index (κ2) is 4.62. The summed E-state index contributed by atoms with van der Waals surface area (Å²) in [6, 6.07) is 4.78. The van der Waals surface area contributed by atoms with Gasteiger partial charge >= 0.3 is 0 Å². The highest BCUT2D eigenvalue weighted by Crippen LogP contribution is 2.40. The fourth-order valence-electron chi connectivity index (χ4n) is 2.49. The molecule has 2 aliphatic rings. The van der Waals surface area contributed by atoms with Gasteiger partial charge in [-0.1, -0.05) is 0 Å². The van der Waals surface area contributed by atoms with E-state index in [1.807, 2.05) is 13.8 Å². The van der Waals surface area contributed by atoms with Gasteiger partial charge in [0.15, 0.2) is 0 Å². The van der Waals surface area contributed by atoms with E-state index >= 15 is 0 Å². The predicted molar refractivity (Wildman–Crippen MR) is 74.9 cm³/mol. The van der Waals surface area contributed by atoms with Gasteiger partial charge in [0.1, 0.15) is 17.2 Å². The molecule has 0 unspecified atom stereocenters. The zero-order chi connectivity index (χ0) is 14.3. The second-order valence-corrected chi connectivity index (χ2v) is 6.13. The summed E-state index contributed by atoms with van der Waals surface area (Å²) in [4.78, 5) is 11.9. The standard InChI is InChI=1S/C16H18FNO2/c1-16(2)9-10(7-15(19)18-12-4-5-12)13-6-3-11(17)8-14(13)20-16/h3,6-8,12H,4-5,9H2,1-2H3,(H,18,19)/b10-7+. The first-order chi connectivity index (χ1) is 9.43. The van der Waals surface area contributed by atoms with Crippen molar-refractivity contribution in [2.75, 3.05) is 0 Å². The first kappa shape index (κ1) is 13.2.